The molecule has 2 aromatic rings. The molecule has 0 unspecified atom stereocenters. The lowest BCUT2D eigenvalue weighted by molar-refractivity contribution is -0.114. The topological polar surface area (TPSA) is 115 Å². The predicted molar refractivity (Wildman–Crippen MR) is 131 cm³/mol. The number of carbonyl (C=O) groups is 2. The van der Waals surface area contributed by atoms with Crippen molar-refractivity contribution in [3.05, 3.63) is 39.6 Å². The van der Waals surface area contributed by atoms with E-state index in [1.807, 2.05) is 13.0 Å². The Morgan fingerprint density at radius 2 is 1.92 bits per heavy atom. The lowest BCUT2D eigenvalue weighted by Crippen LogP contribution is -2.46. The number of aromatic amines is 1. The molecule has 1 N–H and O–H groups in total. The van der Waals surface area contributed by atoms with Gasteiger partial charge >= 0.3 is 5.76 Å². The molecule has 9 nitrogen and oxygen atoms in total. The number of fused-ring (bicyclic) bond motifs is 2. The zero-order valence-electron chi connectivity index (χ0n) is 21.4. The highest BCUT2D eigenvalue weighted by Gasteiger charge is 2.50. The van der Waals surface area contributed by atoms with Crippen LogP contribution >= 0.6 is 0 Å². The van der Waals surface area contributed by atoms with E-state index in [9.17, 15) is 14.4 Å². The molecule has 1 aromatic heterocycles. The van der Waals surface area contributed by atoms with E-state index in [0.717, 1.165) is 56.8 Å². The molecule has 1 amide bonds. The van der Waals surface area contributed by atoms with Crippen molar-refractivity contribution >= 4 is 12.2 Å². The maximum atomic E-state index is 13.7. The maximum absolute atomic E-state index is 13.7. The molecular weight excluding hydrogens is 462 g/mol. The van der Waals surface area contributed by atoms with Crippen LogP contribution in [0.25, 0.3) is 0 Å². The highest BCUT2D eigenvalue weighted by atomic mass is 16.5. The fraction of sp³-hybridized carbons (Fsp3) is 0.630. The minimum atomic E-state index is -0.537. The Hall–Kier alpha value is -3.10. The summed E-state index contributed by atoms with van der Waals surface area (Å²) in [5.74, 6) is 1.74. The molecule has 4 atom stereocenters. The number of aldehydes is 1. The lowest BCUT2D eigenvalue weighted by atomic mass is 9.74. The van der Waals surface area contributed by atoms with Crippen molar-refractivity contribution in [3.63, 3.8) is 0 Å². The number of H-pyrrole nitrogens is 1. The van der Waals surface area contributed by atoms with Gasteiger partial charge in [-0.3, -0.25) is 14.3 Å². The molecule has 3 fully saturated rings. The molecule has 1 aromatic carbocycles. The number of nitrogens with zero attached hydrogens (tertiary/aromatic N) is 2. The van der Waals surface area contributed by atoms with Gasteiger partial charge in [-0.1, -0.05) is 12.1 Å². The van der Waals surface area contributed by atoms with Gasteiger partial charge in [0.25, 0.3) is 5.91 Å². The van der Waals surface area contributed by atoms with Crippen LogP contribution in [0.3, 0.4) is 0 Å². The zero-order chi connectivity index (χ0) is 25.6. The normalized spacial score (nSPS) is 31.3. The van der Waals surface area contributed by atoms with Gasteiger partial charge in [0.1, 0.15) is 17.8 Å². The predicted octanol–water partition coefficient (Wildman–Crippen LogP) is 3.64. The van der Waals surface area contributed by atoms with E-state index in [2.05, 4.69) is 17.1 Å². The first-order valence-corrected chi connectivity index (χ1v) is 12.9. The van der Waals surface area contributed by atoms with Crippen molar-refractivity contribution in [3.8, 4) is 11.5 Å². The summed E-state index contributed by atoms with van der Waals surface area (Å²) < 4.78 is 16.7. The molecule has 194 valence electrons. The Balaban J connectivity index is 1.33. The molecule has 9 heteroatoms. The standard InChI is InChI=1S/C27H35N3O6/c1-15-11-22(34-4)19(24(32)30(3)23-17-6-5-16(12-17)20(23)14-31)13-21(15)35-18-7-9-27(2,10-8-18)25-28-26(33)36-29-25/h11,13-14,16-18,20,23H,5-10,12H2,1-4H3,(H,28,29,33)/t16-,17+,18?,20+,23-,27?/m1/s1. The number of aryl methyl sites for hydroxylation is 1. The van der Waals surface area contributed by atoms with E-state index in [1.165, 1.54) is 0 Å². The maximum Gasteiger partial charge on any atom is 0.438 e. The third kappa shape index (κ3) is 4.22. The van der Waals surface area contributed by atoms with Crippen LogP contribution in [0.2, 0.25) is 0 Å². The molecule has 2 bridgehead atoms. The van der Waals surface area contributed by atoms with Gasteiger partial charge in [-0.05, 0) is 81.4 Å². The highest BCUT2D eigenvalue weighted by Crippen LogP contribution is 2.50. The van der Waals surface area contributed by atoms with Gasteiger partial charge in [0.15, 0.2) is 5.82 Å². The van der Waals surface area contributed by atoms with Crippen LogP contribution in [-0.4, -0.2) is 53.5 Å². The summed E-state index contributed by atoms with van der Waals surface area (Å²) in [4.78, 5) is 41.4. The molecule has 3 saturated carbocycles. The van der Waals surface area contributed by atoms with E-state index in [4.69, 9.17) is 14.0 Å². The number of hydrogen-bond donors (Lipinski definition) is 1. The van der Waals surface area contributed by atoms with Crippen molar-refractivity contribution in [1.82, 2.24) is 15.0 Å². The van der Waals surface area contributed by atoms with Crippen LogP contribution in [0, 0.1) is 24.7 Å². The average Bonchev–Trinajstić information content (AvgIpc) is 3.62. The summed E-state index contributed by atoms with van der Waals surface area (Å²) in [6, 6.07) is 3.57. The summed E-state index contributed by atoms with van der Waals surface area (Å²) in [7, 11) is 3.37. The van der Waals surface area contributed by atoms with Gasteiger partial charge in [-0.15, -0.1) is 0 Å². The van der Waals surface area contributed by atoms with Crippen molar-refractivity contribution in [2.75, 3.05) is 14.2 Å². The number of ether oxygens (including phenoxy) is 2. The van der Waals surface area contributed by atoms with Gasteiger partial charge in [-0.2, -0.15) is 0 Å². The molecule has 1 heterocycles. The largest absolute Gasteiger partial charge is 0.496 e. The van der Waals surface area contributed by atoms with Gasteiger partial charge < -0.3 is 19.2 Å². The number of hydrogen-bond acceptors (Lipinski definition) is 7. The van der Waals surface area contributed by atoms with Gasteiger partial charge in [0, 0.05) is 24.4 Å². The number of methoxy groups -OCH3 is 1. The average molecular weight is 498 g/mol. The monoisotopic (exact) mass is 497 g/mol. The van der Waals surface area contributed by atoms with Gasteiger partial charge in [-0.25, -0.2) is 4.79 Å². The fourth-order valence-electron chi connectivity index (χ4n) is 6.77. The Bertz CT molecular complexity index is 1190. The van der Waals surface area contributed by atoms with Crippen LogP contribution in [0.15, 0.2) is 21.5 Å². The Morgan fingerprint density at radius 1 is 1.19 bits per heavy atom. The molecular formula is C27H35N3O6. The second kappa shape index (κ2) is 9.41. The molecule has 0 radical (unpaired) electrons. The fourth-order valence-corrected chi connectivity index (χ4v) is 6.77. The quantitative estimate of drug-likeness (QED) is 0.581. The molecule has 3 aliphatic rings. The van der Waals surface area contributed by atoms with Crippen molar-refractivity contribution in [1.29, 1.82) is 0 Å². The summed E-state index contributed by atoms with van der Waals surface area (Å²) in [5, 5.41) is 3.90. The van der Waals surface area contributed by atoms with Crippen molar-refractivity contribution in [2.45, 2.75) is 76.4 Å². The number of benzene rings is 1. The number of rotatable bonds is 7. The molecule has 5 rings (SSSR count). The van der Waals surface area contributed by atoms with Gasteiger partial charge in [0.05, 0.1) is 18.8 Å². The zero-order valence-corrected chi connectivity index (χ0v) is 21.4. The third-order valence-corrected chi connectivity index (χ3v) is 8.93. The summed E-state index contributed by atoms with van der Waals surface area (Å²) in [6.07, 6.45) is 7.35. The van der Waals surface area contributed by atoms with Gasteiger partial charge in [0.2, 0.25) is 0 Å². The first kappa shape index (κ1) is 24.6. The Morgan fingerprint density at radius 3 is 2.56 bits per heavy atom. The van der Waals surface area contributed by atoms with E-state index in [0.29, 0.717) is 34.7 Å². The van der Waals surface area contributed by atoms with E-state index >= 15 is 0 Å². The minimum absolute atomic E-state index is 0.0190. The Labute approximate surface area is 210 Å². The summed E-state index contributed by atoms with van der Waals surface area (Å²) in [5.41, 5.74) is 1.08. The highest BCUT2D eigenvalue weighted by molar-refractivity contribution is 5.98. The summed E-state index contributed by atoms with van der Waals surface area (Å²) >= 11 is 0. The lowest BCUT2D eigenvalue weighted by Gasteiger charge is -2.36. The SMILES string of the molecule is COc1cc(C)c(OC2CCC(C)(c3noc(=O)[nH]3)CC2)cc1C(=O)N(C)[C@@H]1[C@H]2CC[C@H](C2)[C@@H]1C=O. The first-order valence-electron chi connectivity index (χ1n) is 12.9. The molecule has 3 aliphatic carbocycles. The van der Waals surface area contributed by atoms with Crippen molar-refractivity contribution < 1.29 is 23.6 Å². The second-order valence-corrected chi connectivity index (χ2v) is 11.1. The van der Waals surface area contributed by atoms with Crippen molar-refractivity contribution in [2.24, 2.45) is 17.8 Å². The van der Waals surface area contributed by atoms with Crippen LogP contribution in [0.4, 0.5) is 0 Å². The number of aromatic nitrogens is 2. The molecule has 0 aliphatic heterocycles. The van der Waals surface area contributed by atoms with Crippen LogP contribution in [-0.2, 0) is 10.2 Å². The second-order valence-electron chi connectivity index (χ2n) is 11.1. The third-order valence-electron chi connectivity index (χ3n) is 8.93. The van der Waals surface area contributed by atoms with E-state index < -0.39 is 5.76 Å². The number of amides is 1. The molecule has 0 saturated heterocycles. The van der Waals surface area contributed by atoms with E-state index in [1.54, 1.807) is 25.1 Å². The molecule has 36 heavy (non-hydrogen) atoms. The minimum Gasteiger partial charge on any atom is -0.496 e. The number of nitrogens with one attached hydrogen (secondary N) is 1. The summed E-state index contributed by atoms with van der Waals surface area (Å²) in [6.45, 7) is 4.02. The smallest absolute Gasteiger partial charge is 0.438 e. The Kier molecular flexibility index (Phi) is 6.43. The molecule has 0 spiro atoms. The van der Waals surface area contributed by atoms with E-state index in [-0.39, 0.29) is 29.4 Å². The van der Waals surface area contributed by atoms with Crippen LogP contribution in [0.1, 0.15) is 73.6 Å². The number of carbonyl (C=O) groups excluding carboxylic acids is 2. The van der Waals surface area contributed by atoms with Crippen LogP contribution < -0.4 is 15.2 Å². The van der Waals surface area contributed by atoms with Crippen LogP contribution in [0.5, 0.6) is 11.5 Å². The first-order chi connectivity index (χ1) is 17.2.